The first-order chi connectivity index (χ1) is 7.31. The summed E-state index contributed by atoms with van der Waals surface area (Å²) in [5.74, 6) is 1.96. The number of nitrogens with two attached hydrogens (primary N) is 1. The van der Waals surface area contributed by atoms with E-state index in [4.69, 9.17) is 10.3 Å². The number of aromatic nitrogens is 2. The summed E-state index contributed by atoms with van der Waals surface area (Å²) in [5, 5.41) is 4.04. The summed E-state index contributed by atoms with van der Waals surface area (Å²) in [5.41, 5.74) is 5.84. The number of hydrogen-bond donors (Lipinski definition) is 1. The fraction of sp³-hybridized carbons (Fsp3) is 0.818. The Morgan fingerprint density at radius 2 is 2.13 bits per heavy atom. The van der Waals surface area contributed by atoms with E-state index in [-0.39, 0.29) is 6.04 Å². The van der Waals surface area contributed by atoms with Crippen LogP contribution in [0.5, 0.6) is 0 Å². The molecule has 2 rings (SSSR count). The zero-order valence-corrected chi connectivity index (χ0v) is 9.28. The van der Waals surface area contributed by atoms with E-state index in [1.807, 2.05) is 6.92 Å². The largest absolute Gasteiger partial charge is 0.338 e. The van der Waals surface area contributed by atoms with Crippen LogP contribution in [0.15, 0.2) is 4.52 Å². The molecule has 4 nitrogen and oxygen atoms in total. The van der Waals surface area contributed by atoms with Gasteiger partial charge in [0.25, 0.3) is 0 Å². The molecule has 0 bridgehead atoms. The van der Waals surface area contributed by atoms with Crippen LogP contribution >= 0.6 is 0 Å². The van der Waals surface area contributed by atoms with Gasteiger partial charge in [-0.3, -0.25) is 0 Å². The first kappa shape index (κ1) is 10.6. The third kappa shape index (κ3) is 2.37. The average molecular weight is 209 g/mol. The molecule has 84 valence electrons. The zero-order valence-electron chi connectivity index (χ0n) is 9.28. The van der Waals surface area contributed by atoms with E-state index in [0.717, 1.165) is 12.2 Å². The van der Waals surface area contributed by atoms with Gasteiger partial charge >= 0.3 is 0 Å². The van der Waals surface area contributed by atoms with Crippen LogP contribution in [-0.2, 0) is 0 Å². The maximum atomic E-state index is 5.84. The van der Waals surface area contributed by atoms with E-state index >= 15 is 0 Å². The van der Waals surface area contributed by atoms with Crippen LogP contribution in [0.3, 0.4) is 0 Å². The van der Waals surface area contributed by atoms with Crippen LogP contribution in [-0.4, -0.2) is 10.1 Å². The van der Waals surface area contributed by atoms with E-state index in [1.54, 1.807) is 0 Å². The van der Waals surface area contributed by atoms with Gasteiger partial charge < -0.3 is 10.3 Å². The van der Waals surface area contributed by atoms with Gasteiger partial charge in [-0.25, -0.2) is 0 Å². The van der Waals surface area contributed by atoms with Gasteiger partial charge in [-0.05, 0) is 19.3 Å². The molecular weight excluding hydrogens is 190 g/mol. The molecule has 1 atom stereocenters. The Bertz CT molecular complexity index is 305. The highest BCUT2D eigenvalue weighted by molar-refractivity contribution is 4.98. The topological polar surface area (TPSA) is 64.9 Å². The Hall–Kier alpha value is -0.900. The molecule has 0 saturated heterocycles. The molecule has 1 aromatic rings. The Kier molecular flexibility index (Phi) is 3.36. The van der Waals surface area contributed by atoms with E-state index in [0.29, 0.717) is 11.8 Å². The van der Waals surface area contributed by atoms with E-state index < -0.39 is 0 Å². The second kappa shape index (κ2) is 4.75. The first-order valence-electron chi connectivity index (χ1n) is 5.90. The van der Waals surface area contributed by atoms with Gasteiger partial charge in [-0.1, -0.05) is 31.3 Å². The summed E-state index contributed by atoms with van der Waals surface area (Å²) in [6.07, 6.45) is 7.14. The minimum atomic E-state index is -0.102. The fourth-order valence-electron chi connectivity index (χ4n) is 2.10. The summed E-state index contributed by atoms with van der Waals surface area (Å²) in [7, 11) is 0. The molecule has 15 heavy (non-hydrogen) atoms. The lowest BCUT2D eigenvalue weighted by molar-refractivity contribution is 0.339. The van der Waals surface area contributed by atoms with Crippen molar-refractivity contribution in [2.45, 2.75) is 57.4 Å². The number of nitrogens with zero attached hydrogens (tertiary/aromatic N) is 2. The summed E-state index contributed by atoms with van der Waals surface area (Å²) >= 11 is 0. The number of hydrogen-bond acceptors (Lipinski definition) is 4. The van der Waals surface area contributed by atoms with Crippen molar-refractivity contribution in [3.8, 4) is 0 Å². The quantitative estimate of drug-likeness (QED) is 0.830. The van der Waals surface area contributed by atoms with Crippen molar-refractivity contribution in [1.82, 2.24) is 10.1 Å². The molecule has 1 aliphatic carbocycles. The van der Waals surface area contributed by atoms with Crippen molar-refractivity contribution in [3.63, 3.8) is 0 Å². The summed E-state index contributed by atoms with van der Waals surface area (Å²) in [4.78, 5) is 4.40. The maximum absolute atomic E-state index is 5.84. The Morgan fingerprint density at radius 1 is 1.40 bits per heavy atom. The highest BCUT2D eigenvalue weighted by Crippen LogP contribution is 2.31. The van der Waals surface area contributed by atoms with Gasteiger partial charge in [0, 0.05) is 5.92 Å². The SMILES string of the molecule is CC[C@@H](N)c1nc(C2CCCCC2)no1. The molecule has 1 aromatic heterocycles. The van der Waals surface area contributed by atoms with Crippen molar-refractivity contribution in [1.29, 1.82) is 0 Å². The fourth-order valence-corrected chi connectivity index (χ4v) is 2.10. The summed E-state index contributed by atoms with van der Waals surface area (Å²) in [6, 6.07) is -0.102. The molecule has 1 saturated carbocycles. The van der Waals surface area contributed by atoms with Gasteiger partial charge in [0.1, 0.15) is 0 Å². The molecule has 0 amide bonds. The van der Waals surface area contributed by atoms with E-state index in [2.05, 4.69) is 10.1 Å². The third-order valence-corrected chi connectivity index (χ3v) is 3.18. The standard InChI is InChI=1S/C11H19N3O/c1-2-9(12)11-13-10(14-15-11)8-6-4-3-5-7-8/h8-9H,2-7,12H2,1H3/t9-/m1/s1. The smallest absolute Gasteiger partial charge is 0.243 e. The monoisotopic (exact) mass is 209 g/mol. The maximum Gasteiger partial charge on any atom is 0.243 e. The molecule has 2 N–H and O–H groups in total. The Morgan fingerprint density at radius 3 is 2.80 bits per heavy atom. The normalized spacial score (nSPS) is 20.4. The van der Waals surface area contributed by atoms with Crippen molar-refractivity contribution in [3.05, 3.63) is 11.7 Å². The molecule has 4 heteroatoms. The number of rotatable bonds is 3. The van der Waals surface area contributed by atoms with Gasteiger partial charge in [-0.15, -0.1) is 0 Å². The van der Waals surface area contributed by atoms with Gasteiger partial charge in [0.2, 0.25) is 5.89 Å². The lowest BCUT2D eigenvalue weighted by atomic mass is 9.89. The lowest BCUT2D eigenvalue weighted by Gasteiger charge is -2.17. The van der Waals surface area contributed by atoms with Gasteiger partial charge in [-0.2, -0.15) is 4.98 Å². The highest BCUT2D eigenvalue weighted by Gasteiger charge is 2.22. The molecule has 1 fully saturated rings. The second-order valence-electron chi connectivity index (χ2n) is 4.34. The van der Waals surface area contributed by atoms with Crippen molar-refractivity contribution in [2.24, 2.45) is 5.73 Å². The molecule has 0 aromatic carbocycles. The Labute approximate surface area is 90.2 Å². The van der Waals surface area contributed by atoms with E-state index in [1.165, 1.54) is 32.1 Å². The second-order valence-corrected chi connectivity index (χ2v) is 4.34. The predicted octanol–water partition coefficient (Wildman–Crippen LogP) is 2.53. The minimum absolute atomic E-state index is 0.102. The van der Waals surface area contributed by atoms with Gasteiger partial charge in [0.15, 0.2) is 5.82 Å². The van der Waals surface area contributed by atoms with Crippen LogP contribution in [0.2, 0.25) is 0 Å². The molecular formula is C11H19N3O. The van der Waals surface area contributed by atoms with Crippen LogP contribution < -0.4 is 5.73 Å². The summed E-state index contributed by atoms with van der Waals surface area (Å²) in [6.45, 7) is 2.02. The third-order valence-electron chi connectivity index (χ3n) is 3.18. The molecule has 0 unspecified atom stereocenters. The van der Waals surface area contributed by atoms with Crippen molar-refractivity contribution in [2.75, 3.05) is 0 Å². The predicted molar refractivity (Wildman–Crippen MR) is 57.3 cm³/mol. The zero-order chi connectivity index (χ0) is 10.7. The van der Waals surface area contributed by atoms with Crippen LogP contribution in [0.4, 0.5) is 0 Å². The molecule has 1 heterocycles. The van der Waals surface area contributed by atoms with Crippen LogP contribution in [0, 0.1) is 0 Å². The molecule has 0 aliphatic heterocycles. The van der Waals surface area contributed by atoms with Crippen LogP contribution in [0.25, 0.3) is 0 Å². The highest BCUT2D eigenvalue weighted by atomic mass is 16.5. The van der Waals surface area contributed by atoms with E-state index in [9.17, 15) is 0 Å². The first-order valence-corrected chi connectivity index (χ1v) is 5.90. The molecule has 0 spiro atoms. The van der Waals surface area contributed by atoms with Crippen LogP contribution in [0.1, 0.15) is 69.1 Å². The van der Waals surface area contributed by atoms with Crippen molar-refractivity contribution < 1.29 is 4.52 Å². The molecule has 0 radical (unpaired) electrons. The van der Waals surface area contributed by atoms with Gasteiger partial charge in [0.05, 0.1) is 6.04 Å². The summed E-state index contributed by atoms with van der Waals surface area (Å²) < 4.78 is 5.18. The van der Waals surface area contributed by atoms with Crippen molar-refractivity contribution >= 4 is 0 Å². The average Bonchev–Trinajstić information content (AvgIpc) is 2.78. The minimum Gasteiger partial charge on any atom is -0.338 e. The lowest BCUT2D eigenvalue weighted by Crippen LogP contribution is -2.10. The molecule has 1 aliphatic rings. The Balaban J connectivity index is 2.05.